The fourth-order valence-electron chi connectivity index (χ4n) is 6.69. The van der Waals surface area contributed by atoms with E-state index >= 15 is 0 Å². The van der Waals surface area contributed by atoms with Gasteiger partial charge in [0, 0.05) is 43.1 Å². The van der Waals surface area contributed by atoms with Crippen LogP contribution in [-0.2, 0) is 55.5 Å². The Morgan fingerprint density at radius 3 is 2.15 bits per heavy atom. The van der Waals surface area contributed by atoms with Gasteiger partial charge in [-0.3, -0.25) is 28.1 Å². The molecule has 2 unspecified atom stereocenters. The molecule has 0 spiro atoms. The molecular weight excluding hydrogens is 987 g/mol. The van der Waals surface area contributed by atoms with Crippen molar-refractivity contribution in [3.63, 3.8) is 0 Å². The lowest BCUT2D eigenvalue weighted by Gasteiger charge is -2.36. The minimum absolute atomic E-state index is 0.0249. The third kappa shape index (κ3) is 21.5. The molecule has 0 aromatic carbocycles. The first-order valence-corrected chi connectivity index (χ1v) is 27.0. The summed E-state index contributed by atoms with van der Waals surface area (Å²) in [7, 11) is -17.7. The number of aliphatic hydroxyl groups excluding tert-OH is 3. The van der Waals surface area contributed by atoms with Crippen molar-refractivity contribution in [2.24, 2.45) is 5.41 Å². The molecule has 2 amide bonds. The molecule has 1 saturated heterocycles. The molecule has 3 heterocycles. The van der Waals surface area contributed by atoms with Gasteiger partial charge in [0.05, 0.1) is 33.5 Å². The van der Waals surface area contributed by atoms with Crippen LogP contribution in [0.1, 0.15) is 110 Å². The van der Waals surface area contributed by atoms with Crippen molar-refractivity contribution < 1.29 is 95.5 Å². The maximum atomic E-state index is 12.6. The molecule has 0 radical (unpaired) electrons. The van der Waals surface area contributed by atoms with Crippen molar-refractivity contribution in [2.75, 3.05) is 37.8 Å². The van der Waals surface area contributed by atoms with Crippen LogP contribution in [0.25, 0.3) is 11.2 Å². The minimum Gasteiger partial charge on any atom is -0.790 e. The summed E-state index contributed by atoms with van der Waals surface area (Å²) in [5.74, 6) is -2.41. The van der Waals surface area contributed by atoms with E-state index in [-0.39, 0.29) is 60.2 Å². The van der Waals surface area contributed by atoms with Gasteiger partial charge in [-0.05, 0) is 19.3 Å². The first-order valence-electron chi connectivity index (χ1n) is 21.7. The summed E-state index contributed by atoms with van der Waals surface area (Å²) in [5.41, 5.74) is 4.03. The monoisotopic (exact) mass is 1050 g/mol. The molecule has 7 N–H and O–H groups in total. The van der Waals surface area contributed by atoms with E-state index in [0.717, 1.165) is 86.8 Å². The van der Waals surface area contributed by atoms with E-state index in [4.69, 9.17) is 10.5 Å². The second kappa shape index (κ2) is 28.1. The molecule has 3 rings (SSSR count). The summed E-state index contributed by atoms with van der Waals surface area (Å²) in [4.78, 5) is 107. The van der Waals surface area contributed by atoms with Crippen LogP contribution >= 0.6 is 35.2 Å². The summed E-state index contributed by atoms with van der Waals surface area (Å²) in [6.07, 6.45) is 1.72. The summed E-state index contributed by atoms with van der Waals surface area (Å²) < 4.78 is 60.7. The van der Waals surface area contributed by atoms with Crippen molar-refractivity contribution in [3.8, 4) is 0 Å². The highest BCUT2D eigenvalue weighted by Gasteiger charge is 2.47. The van der Waals surface area contributed by atoms with E-state index in [1.807, 2.05) is 0 Å². The van der Waals surface area contributed by atoms with E-state index in [1.165, 1.54) is 13.8 Å². The van der Waals surface area contributed by atoms with Crippen molar-refractivity contribution >= 4 is 75.1 Å². The Bertz CT molecular complexity index is 2100. The normalized spacial score (nSPS) is 20.4. The van der Waals surface area contributed by atoms with Crippen molar-refractivity contribution in [1.29, 1.82) is 0 Å². The number of phosphoric acid groups is 3. The Hall–Kier alpha value is -3.01. The molecule has 388 valence electrons. The van der Waals surface area contributed by atoms with E-state index in [1.54, 1.807) is 0 Å². The van der Waals surface area contributed by atoms with E-state index in [2.05, 4.69) is 43.5 Å². The van der Waals surface area contributed by atoms with Gasteiger partial charge in [0.2, 0.25) is 11.8 Å². The Morgan fingerprint density at radius 2 is 1.51 bits per heavy atom. The summed E-state index contributed by atoms with van der Waals surface area (Å²) >= 11 is 0.956. The number of thioether (sulfide) groups is 1. The smallest absolute Gasteiger partial charge is 0.274 e. The van der Waals surface area contributed by atoms with Crippen LogP contribution in [0.2, 0.25) is 0 Å². The highest BCUT2D eigenvalue weighted by Crippen LogP contribution is 2.56. The van der Waals surface area contributed by atoms with Gasteiger partial charge in [0.15, 0.2) is 22.8 Å². The van der Waals surface area contributed by atoms with Crippen molar-refractivity contribution in [3.05, 3.63) is 12.7 Å². The third-order valence-corrected chi connectivity index (χ3v) is 14.2. The second-order valence-electron chi connectivity index (χ2n) is 16.5. The van der Waals surface area contributed by atoms with Crippen molar-refractivity contribution in [2.45, 2.75) is 140 Å². The number of amides is 2. The number of aromatic nitrogens is 4. The van der Waals surface area contributed by atoms with Gasteiger partial charge in [-0.15, -0.1) is 0 Å². The van der Waals surface area contributed by atoms with Crippen molar-refractivity contribution in [1.82, 2.24) is 30.2 Å². The van der Waals surface area contributed by atoms with Gasteiger partial charge in [-0.25, -0.2) is 19.3 Å². The number of nitrogens with zero attached hydrogens (tertiary/aromatic N) is 4. The molecular formula is C37H59N7O20P3S-5. The number of imidazole rings is 1. The number of unbranched alkanes of at least 4 members (excludes halogenated alkanes) is 9. The molecule has 31 heteroatoms. The lowest BCUT2D eigenvalue weighted by Crippen LogP contribution is -2.46. The molecule has 8 atom stereocenters. The number of nitrogen functional groups attached to an aromatic ring is 1. The highest BCUT2D eigenvalue weighted by atomic mass is 32.2. The predicted molar refractivity (Wildman–Crippen MR) is 229 cm³/mol. The summed E-state index contributed by atoms with van der Waals surface area (Å²) in [6.45, 7) is -0.0849. The molecule has 1 fully saturated rings. The number of hydrogen-bond acceptors (Lipinski definition) is 25. The number of carbonyl (C=O) groups is 4. The van der Waals surface area contributed by atoms with Crippen LogP contribution in [0, 0.1) is 5.41 Å². The maximum Gasteiger partial charge on any atom is 0.274 e. The number of nitrogens with two attached hydrogens (primary N) is 1. The quantitative estimate of drug-likeness (QED) is 0.0337. The Morgan fingerprint density at radius 1 is 0.897 bits per heavy atom. The van der Waals surface area contributed by atoms with Crippen LogP contribution in [0.3, 0.4) is 0 Å². The Labute approximate surface area is 396 Å². The molecule has 68 heavy (non-hydrogen) atoms. The first-order chi connectivity index (χ1) is 31.8. The highest BCUT2D eigenvalue weighted by molar-refractivity contribution is 8.13. The number of aliphatic hydroxyl groups is 3. The van der Waals surface area contributed by atoms with Crippen LogP contribution in [0.5, 0.6) is 0 Å². The molecule has 2 aromatic rings. The van der Waals surface area contributed by atoms with E-state index in [0.29, 0.717) is 12.8 Å². The number of phosphoric ester groups is 3. The van der Waals surface area contributed by atoms with Gasteiger partial charge in [0.1, 0.15) is 36.3 Å². The number of nitrogens with one attached hydrogen (secondary N) is 2. The fourth-order valence-corrected chi connectivity index (χ4v) is 10.2. The molecule has 1 aliphatic rings. The number of carbonyl (C=O) groups excluding carboxylic acids is 4. The zero-order valence-corrected chi connectivity index (χ0v) is 41.0. The topological polar surface area (TPSA) is 435 Å². The van der Waals surface area contributed by atoms with Gasteiger partial charge in [0.25, 0.3) is 15.6 Å². The SMILES string of the molecule is CC(C)(COP(=O)([O-])OP(=O)([O-])OC[C@H]1O[C@@H](n2cnc3c(N)ncnc32)[C@H](O)[C@@H]1OP(=O)([O-])[O-])[C@@H](O)C(=O)NCCC(=O)NCCSC(=O)C[C@@H](O)CCCCCCCCCCCCC(=O)[O-]. The first kappa shape index (κ1) is 59.3. The van der Waals surface area contributed by atoms with Gasteiger partial charge in [-0.2, -0.15) is 0 Å². The van der Waals surface area contributed by atoms with E-state index < -0.39 is 96.6 Å². The van der Waals surface area contributed by atoms with Gasteiger partial charge >= 0.3 is 0 Å². The van der Waals surface area contributed by atoms with E-state index in [9.17, 15) is 72.9 Å². The standard InChI is InChI=1S/C37H64N7O20P3S/c1-37(2,32(51)35(52)40-16-15-26(46)39-17-18-68-28(49)19-24(45)13-11-9-7-5-3-4-6-8-10-12-14-27(47)48)21-61-67(58,59)64-66(56,57)60-20-25-31(63-65(53,54)55)30(50)36(62-25)44-23-43-29-33(38)41-22-42-34(29)44/h22-25,30-32,36,45,50-51H,3-21H2,1-2H3,(H,39,46)(H,40,52)(H,47,48)(H,56,57)(H,58,59)(H2,38,41,42)(H2,53,54,55)/p-5/t24-,25+,30+,31+,32-,36+/m0/s1. The number of fused-ring (bicyclic) bond motifs is 1. The summed E-state index contributed by atoms with van der Waals surface area (Å²) in [6, 6.07) is 0. The molecule has 1 aliphatic heterocycles. The third-order valence-electron chi connectivity index (χ3n) is 10.3. The number of carboxylic acid groups (broad SMARTS) is 1. The average Bonchev–Trinajstić information content (AvgIpc) is 3.80. The number of ether oxygens (including phenoxy) is 1. The van der Waals surface area contributed by atoms with Crippen LogP contribution < -0.4 is 41.0 Å². The molecule has 2 aromatic heterocycles. The lowest BCUT2D eigenvalue weighted by atomic mass is 9.87. The van der Waals surface area contributed by atoms with Gasteiger partial charge < -0.3 is 84.0 Å². The maximum absolute atomic E-state index is 12.6. The van der Waals surface area contributed by atoms with Gasteiger partial charge in [-0.1, -0.05) is 83.4 Å². The average molecular weight is 1050 g/mol. The van der Waals surface area contributed by atoms with Crippen LogP contribution in [0.15, 0.2) is 12.7 Å². The lowest BCUT2D eigenvalue weighted by molar-refractivity contribution is -0.347. The minimum atomic E-state index is -5.94. The Kier molecular flexibility index (Phi) is 24.5. The number of aliphatic carboxylic acids is 1. The number of carboxylic acids is 1. The zero-order valence-electron chi connectivity index (χ0n) is 37.5. The molecule has 0 saturated carbocycles. The number of hydrogen-bond donors (Lipinski definition) is 6. The predicted octanol–water partition coefficient (Wildman–Crippen LogP) is -1.68. The second-order valence-corrected chi connectivity index (χ2v) is 21.7. The fraction of sp³-hybridized carbons (Fsp3) is 0.757. The molecule has 27 nitrogen and oxygen atoms in total. The summed E-state index contributed by atoms with van der Waals surface area (Å²) in [5, 5.41) is 46.7. The largest absolute Gasteiger partial charge is 0.790 e. The Balaban J connectivity index is 1.31. The zero-order chi connectivity index (χ0) is 50.7. The van der Waals surface area contributed by atoms with Crippen LogP contribution in [-0.4, -0.2) is 120 Å². The molecule has 0 aliphatic carbocycles. The molecule has 0 bridgehead atoms. The van der Waals surface area contributed by atoms with Crippen LogP contribution in [0.4, 0.5) is 5.82 Å². The number of anilines is 1. The number of rotatable bonds is 34.